The van der Waals surface area contributed by atoms with Gasteiger partial charge in [-0.2, -0.15) is 0 Å². The predicted molar refractivity (Wildman–Crippen MR) is 372 cm³/mol. The molecule has 1 N–H and O–H groups in total. The third-order valence-corrected chi connectivity index (χ3v) is 17.2. The number of carboxylic acids is 1. The zero-order valence-corrected chi connectivity index (χ0v) is 58.3. The summed E-state index contributed by atoms with van der Waals surface area (Å²) >= 11 is 0. The minimum absolute atomic E-state index is 0. The van der Waals surface area contributed by atoms with Gasteiger partial charge < -0.3 is 20.0 Å². The Morgan fingerprint density at radius 3 is 1.27 bits per heavy atom. The monoisotopic (exact) mass is 1230 g/mol. The third-order valence-electron chi connectivity index (χ3n) is 17.2. The van der Waals surface area contributed by atoms with Gasteiger partial charge in [0, 0.05) is 42.0 Å². The van der Waals surface area contributed by atoms with Gasteiger partial charge in [-0.25, -0.2) is 14.8 Å². The van der Waals surface area contributed by atoms with E-state index in [1.807, 2.05) is 0 Å². The van der Waals surface area contributed by atoms with E-state index < -0.39 is 5.97 Å². The van der Waals surface area contributed by atoms with Crippen molar-refractivity contribution in [3.63, 3.8) is 0 Å². The molecule has 0 unspecified atom stereocenters. The molecular formula is C81H89N5O2Zn-2. The molecule has 3 aromatic heterocycles. The van der Waals surface area contributed by atoms with Crippen LogP contribution in [0.1, 0.15) is 226 Å². The van der Waals surface area contributed by atoms with E-state index in [9.17, 15) is 9.90 Å². The number of anilines is 3. The molecule has 0 spiro atoms. The van der Waals surface area contributed by atoms with Crippen LogP contribution in [0, 0.1) is 11.8 Å². The Bertz CT molecular complexity index is 3980. The fourth-order valence-corrected chi connectivity index (χ4v) is 11.7. The smallest absolute Gasteiger partial charge is 0.335 e. The Balaban J connectivity index is 0.00000941. The minimum atomic E-state index is -0.988. The largest absolute Gasteiger partial charge is 0.656 e. The normalized spacial score (nSPS) is 12.4. The number of fused-ring (bicyclic) bond motifs is 8. The number of hydrogen-bond donors (Lipinski definition) is 1. The molecule has 2 aliphatic rings. The second-order valence-corrected chi connectivity index (χ2v) is 28.4. The summed E-state index contributed by atoms with van der Waals surface area (Å²) in [6.07, 6.45) is 20.2. The van der Waals surface area contributed by atoms with Crippen LogP contribution >= 0.6 is 0 Å². The van der Waals surface area contributed by atoms with Crippen LogP contribution in [0.4, 0.5) is 17.1 Å². The van der Waals surface area contributed by atoms with Gasteiger partial charge in [0.1, 0.15) is 0 Å². The summed E-state index contributed by atoms with van der Waals surface area (Å²) in [5, 5.41) is 9.77. The van der Waals surface area contributed by atoms with Crippen molar-refractivity contribution in [2.45, 2.75) is 183 Å². The second-order valence-electron chi connectivity index (χ2n) is 28.4. The summed E-state index contributed by atoms with van der Waals surface area (Å²) in [4.78, 5) is 37.2. The average Bonchev–Trinajstić information content (AvgIpc) is 2.06. The molecule has 2 aliphatic heterocycles. The van der Waals surface area contributed by atoms with Gasteiger partial charge >= 0.3 is 5.97 Å². The van der Waals surface area contributed by atoms with Crippen LogP contribution in [-0.4, -0.2) is 21.0 Å². The molecule has 0 fully saturated rings. The number of aryl methyl sites for hydroxylation is 2. The molecule has 0 aliphatic carbocycles. The van der Waals surface area contributed by atoms with E-state index >= 15 is 0 Å². The zero-order valence-electron chi connectivity index (χ0n) is 55.4. The first-order valence-corrected chi connectivity index (χ1v) is 32.1. The van der Waals surface area contributed by atoms with Crippen molar-refractivity contribution in [3.8, 4) is 34.1 Å². The summed E-state index contributed by atoms with van der Waals surface area (Å²) in [5.74, 6) is 5.92. The number of rotatable bonds is 16. The van der Waals surface area contributed by atoms with Crippen molar-refractivity contribution >= 4 is 69.4 Å². The number of unbranched alkanes of at least 4 members (excludes halogenated alkanes) is 6. The SMILES string of the molecule is CCCCCCc1ccc(N(c2ccc(CCCCCC)cc2)c2c3nc(c(-c4cc(C(C)(C)C)cc(C(C)(C)C)c4)c4ccc([n-]4)c(C#Cc4ccc(C(=O)O)cc4)c4nc(c(-c5cc(C(C)(C)C)cc(C(C)(C)C)c5)c5ccc2[n-]5)C=C4)C=C3)cc1.[Zn]. The van der Waals surface area contributed by atoms with Crippen molar-refractivity contribution in [3.05, 3.63) is 206 Å². The molecule has 5 heterocycles. The standard InChI is InChI=1S/C81H90N5O2.Zn/c1-15-17-19-21-23-53-27-34-63(35-28-53)86(64-36-29-54(30-37-64)24-22-20-18-16-2)76-72-45-43-70(84-72)74(57-47-59(78(3,4)5)51-60(48-57)79(6,7)8)68-41-39-66(82-68)65(38-31-55-25-32-56(33-26-55)77(87)88)67-40-42-69(83-67)75(71-44-46-73(76)85-71)58-49-61(80(9,10)11)52-62(50-58)81(12,13)14;/h25-30,32-37,39-52H,15-24H2,1-14H3,(H2-,82,83,84,85,87,88);/q-1;/p-1. The maximum absolute atomic E-state index is 11.9. The molecule has 454 valence electrons. The van der Waals surface area contributed by atoms with Gasteiger partial charge in [0.05, 0.1) is 34.0 Å². The second kappa shape index (κ2) is 27.1. The molecule has 8 bridgehead atoms. The van der Waals surface area contributed by atoms with E-state index in [4.69, 9.17) is 19.9 Å². The van der Waals surface area contributed by atoms with Gasteiger partial charge in [0.2, 0.25) is 0 Å². The van der Waals surface area contributed by atoms with Gasteiger partial charge in [-0.3, -0.25) is 0 Å². The molecule has 7 nitrogen and oxygen atoms in total. The first-order valence-electron chi connectivity index (χ1n) is 32.1. The molecule has 89 heavy (non-hydrogen) atoms. The summed E-state index contributed by atoms with van der Waals surface area (Å²) in [7, 11) is 0. The summed E-state index contributed by atoms with van der Waals surface area (Å²) in [6.45, 7) is 31.9. The topological polar surface area (TPSA) is 94.5 Å². The molecular weight excluding hydrogens is 1140 g/mol. The molecule has 5 aromatic carbocycles. The van der Waals surface area contributed by atoms with Crippen molar-refractivity contribution in [1.82, 2.24) is 19.9 Å². The number of hydrogen-bond acceptors (Lipinski definition) is 4. The molecule has 8 heteroatoms. The van der Waals surface area contributed by atoms with E-state index in [1.165, 1.54) is 71.9 Å². The Morgan fingerprint density at radius 1 is 0.449 bits per heavy atom. The van der Waals surface area contributed by atoms with Crippen LogP contribution in [0.25, 0.3) is 68.6 Å². The van der Waals surface area contributed by atoms with Gasteiger partial charge in [0.25, 0.3) is 0 Å². The molecule has 0 amide bonds. The third kappa shape index (κ3) is 15.3. The van der Waals surface area contributed by atoms with Crippen LogP contribution in [0.15, 0.2) is 133 Å². The van der Waals surface area contributed by atoms with Gasteiger partial charge in [0.15, 0.2) is 0 Å². The number of nitrogens with zero attached hydrogens (tertiary/aromatic N) is 5. The van der Waals surface area contributed by atoms with Crippen LogP contribution in [0.2, 0.25) is 0 Å². The van der Waals surface area contributed by atoms with Crippen molar-refractivity contribution in [2.75, 3.05) is 4.90 Å². The first-order chi connectivity index (χ1) is 41.9. The number of aromatic carboxylic acids is 1. The van der Waals surface area contributed by atoms with E-state index in [2.05, 4.69) is 247 Å². The van der Waals surface area contributed by atoms with E-state index in [-0.39, 0.29) is 46.7 Å². The van der Waals surface area contributed by atoms with Gasteiger partial charge in [-0.15, -0.1) is 22.1 Å². The molecule has 0 saturated carbocycles. The Kier molecular flexibility index (Phi) is 20.0. The maximum Gasteiger partial charge on any atom is 0.335 e. The Hall–Kier alpha value is -7.85. The molecule has 0 saturated heterocycles. The van der Waals surface area contributed by atoms with Crippen LogP contribution in [0.3, 0.4) is 0 Å². The number of carboxylic acid groups (broad SMARTS) is 1. The van der Waals surface area contributed by atoms with Crippen molar-refractivity contribution in [2.24, 2.45) is 0 Å². The predicted octanol–water partition coefficient (Wildman–Crippen LogP) is 21.2. The number of benzene rings is 5. The van der Waals surface area contributed by atoms with Crippen LogP contribution < -0.4 is 14.9 Å². The van der Waals surface area contributed by atoms with Crippen molar-refractivity contribution in [1.29, 1.82) is 0 Å². The number of carbonyl (C=O) groups is 1. The van der Waals surface area contributed by atoms with Crippen LogP contribution in [-0.2, 0) is 54.0 Å². The quantitative estimate of drug-likeness (QED) is 0.0585. The summed E-state index contributed by atoms with van der Waals surface area (Å²) < 4.78 is 0. The van der Waals surface area contributed by atoms with Crippen molar-refractivity contribution < 1.29 is 29.4 Å². The molecule has 8 aromatic rings. The van der Waals surface area contributed by atoms with E-state index in [1.54, 1.807) is 24.3 Å². The first kappa shape index (κ1) is 65.6. The minimum Gasteiger partial charge on any atom is -0.656 e. The fourth-order valence-electron chi connectivity index (χ4n) is 11.7. The summed E-state index contributed by atoms with van der Waals surface area (Å²) in [5.41, 5.74) is 21.1. The van der Waals surface area contributed by atoms with Gasteiger partial charge in [-0.1, -0.05) is 232 Å². The Morgan fingerprint density at radius 2 is 0.843 bits per heavy atom. The van der Waals surface area contributed by atoms with Gasteiger partial charge in [-0.05, 0) is 176 Å². The average molecular weight is 1230 g/mol. The van der Waals surface area contributed by atoms with Crippen LogP contribution in [0.5, 0.6) is 0 Å². The Labute approximate surface area is 543 Å². The number of aromatic nitrogens is 4. The van der Waals surface area contributed by atoms with E-state index in [0.29, 0.717) is 22.3 Å². The summed E-state index contributed by atoms with van der Waals surface area (Å²) in [6, 6.07) is 47.6. The molecule has 0 atom stereocenters. The maximum atomic E-state index is 11.9. The zero-order chi connectivity index (χ0) is 62.7. The molecule has 0 radical (unpaired) electrons. The van der Waals surface area contributed by atoms with E-state index in [0.717, 1.165) is 98.6 Å². The fraction of sp³-hybridized carbons (Fsp3) is 0.346. The molecule has 10 rings (SSSR count).